The molecule has 4 nitrogen and oxygen atoms in total. The molecule has 0 radical (unpaired) electrons. The van der Waals surface area contributed by atoms with Gasteiger partial charge in [0.25, 0.3) is 0 Å². The third-order valence-corrected chi connectivity index (χ3v) is 4.26. The molecule has 0 unspecified atom stereocenters. The van der Waals surface area contributed by atoms with Crippen LogP contribution in [0.2, 0.25) is 0 Å². The third-order valence-electron chi connectivity index (χ3n) is 4.26. The first-order chi connectivity index (χ1) is 11.7. The van der Waals surface area contributed by atoms with E-state index < -0.39 is 0 Å². The molecular formula is C20H25N3O. The van der Waals surface area contributed by atoms with Gasteiger partial charge in [0.1, 0.15) is 12.4 Å². The predicted molar refractivity (Wildman–Crippen MR) is 98.6 cm³/mol. The van der Waals surface area contributed by atoms with E-state index in [1.54, 1.807) is 0 Å². The van der Waals surface area contributed by atoms with Gasteiger partial charge in [-0.1, -0.05) is 29.8 Å². The van der Waals surface area contributed by atoms with Crippen molar-refractivity contribution >= 4 is 6.21 Å². The summed E-state index contributed by atoms with van der Waals surface area (Å²) in [7, 11) is 2.15. The number of aryl methyl sites for hydroxylation is 1. The number of hydrogen-bond acceptors (Lipinski definition) is 4. The summed E-state index contributed by atoms with van der Waals surface area (Å²) in [5, 5.41) is 6.69. The lowest BCUT2D eigenvalue weighted by Gasteiger charge is -2.30. The Morgan fingerprint density at radius 1 is 0.958 bits per heavy atom. The van der Waals surface area contributed by atoms with Gasteiger partial charge < -0.3 is 9.64 Å². The van der Waals surface area contributed by atoms with Crippen LogP contribution in [0.15, 0.2) is 53.6 Å². The number of nitrogens with zero attached hydrogens (tertiary/aromatic N) is 3. The van der Waals surface area contributed by atoms with Crippen LogP contribution in [-0.4, -0.2) is 49.4 Å². The Hall–Kier alpha value is -2.33. The van der Waals surface area contributed by atoms with Gasteiger partial charge in [-0.2, -0.15) is 5.10 Å². The first-order valence-corrected chi connectivity index (χ1v) is 8.45. The highest BCUT2D eigenvalue weighted by molar-refractivity contribution is 5.79. The molecule has 1 aliphatic rings. The van der Waals surface area contributed by atoms with Crippen LogP contribution in [-0.2, 0) is 6.61 Å². The molecule has 0 spiro atoms. The van der Waals surface area contributed by atoms with Gasteiger partial charge in [-0.15, -0.1) is 0 Å². The Bertz CT molecular complexity index is 656. The minimum Gasteiger partial charge on any atom is -0.489 e. The number of likely N-dealkylation sites (N-methyl/N-ethyl adjacent to an activating group) is 1. The molecule has 0 aliphatic carbocycles. The Balaban J connectivity index is 1.50. The number of benzene rings is 2. The molecule has 1 heterocycles. The number of rotatable bonds is 5. The Kier molecular flexibility index (Phi) is 5.49. The fourth-order valence-electron chi connectivity index (χ4n) is 2.56. The Labute approximate surface area is 144 Å². The molecule has 0 atom stereocenters. The summed E-state index contributed by atoms with van der Waals surface area (Å²) >= 11 is 0. The minimum atomic E-state index is 0.592. The molecule has 4 heteroatoms. The van der Waals surface area contributed by atoms with Gasteiger partial charge in [0.15, 0.2) is 0 Å². The van der Waals surface area contributed by atoms with Crippen molar-refractivity contribution < 1.29 is 4.74 Å². The summed E-state index contributed by atoms with van der Waals surface area (Å²) in [4.78, 5) is 2.33. The van der Waals surface area contributed by atoms with Crippen molar-refractivity contribution in [2.75, 3.05) is 33.2 Å². The molecular weight excluding hydrogens is 298 g/mol. The lowest BCUT2D eigenvalue weighted by molar-refractivity contribution is 0.159. The van der Waals surface area contributed by atoms with Crippen LogP contribution >= 0.6 is 0 Å². The fourth-order valence-corrected chi connectivity index (χ4v) is 2.56. The number of hydrazone groups is 1. The predicted octanol–water partition coefficient (Wildman–Crippen LogP) is 3.16. The average Bonchev–Trinajstić information content (AvgIpc) is 2.62. The maximum absolute atomic E-state index is 5.83. The summed E-state index contributed by atoms with van der Waals surface area (Å²) in [5.41, 5.74) is 3.54. The van der Waals surface area contributed by atoms with Gasteiger partial charge in [-0.05, 0) is 49.4 Å². The van der Waals surface area contributed by atoms with Crippen LogP contribution in [0.4, 0.5) is 0 Å². The normalized spacial score (nSPS) is 15.8. The van der Waals surface area contributed by atoms with Crippen molar-refractivity contribution in [3.63, 3.8) is 0 Å². The van der Waals surface area contributed by atoms with Crippen molar-refractivity contribution in [3.8, 4) is 5.75 Å². The van der Waals surface area contributed by atoms with Crippen LogP contribution in [0.3, 0.4) is 0 Å². The van der Waals surface area contributed by atoms with Crippen molar-refractivity contribution in [2.45, 2.75) is 13.5 Å². The Morgan fingerprint density at radius 2 is 1.62 bits per heavy atom. The molecule has 0 saturated carbocycles. The fraction of sp³-hybridized carbons (Fsp3) is 0.350. The second-order valence-corrected chi connectivity index (χ2v) is 6.34. The minimum absolute atomic E-state index is 0.592. The van der Waals surface area contributed by atoms with Gasteiger partial charge in [-0.3, -0.25) is 5.01 Å². The van der Waals surface area contributed by atoms with Crippen molar-refractivity contribution in [1.82, 2.24) is 9.91 Å². The van der Waals surface area contributed by atoms with Crippen LogP contribution in [0.5, 0.6) is 5.75 Å². The first kappa shape index (κ1) is 16.5. The molecule has 2 aromatic rings. The van der Waals surface area contributed by atoms with Crippen LogP contribution in [0, 0.1) is 6.92 Å². The standard InChI is InChI=1S/C20H25N3O/c1-17-3-5-19(6-4-17)16-24-20-9-7-18(8-10-20)15-21-23-13-11-22(2)12-14-23/h3-10,15H,11-14,16H2,1-2H3/b21-15+. The summed E-state index contributed by atoms with van der Waals surface area (Å²) in [6, 6.07) is 16.5. The van der Waals surface area contributed by atoms with E-state index in [1.165, 1.54) is 11.1 Å². The second kappa shape index (κ2) is 7.97. The molecule has 1 aliphatic heterocycles. The summed E-state index contributed by atoms with van der Waals surface area (Å²) in [5.74, 6) is 0.882. The van der Waals surface area contributed by atoms with E-state index in [-0.39, 0.29) is 0 Å². The SMILES string of the molecule is Cc1ccc(COc2ccc(/C=N/N3CCN(C)CC3)cc2)cc1. The monoisotopic (exact) mass is 323 g/mol. The molecule has 2 aromatic carbocycles. The van der Waals surface area contributed by atoms with Crippen molar-refractivity contribution in [2.24, 2.45) is 5.10 Å². The highest BCUT2D eigenvalue weighted by Gasteiger charge is 2.10. The van der Waals surface area contributed by atoms with Crippen LogP contribution in [0.1, 0.15) is 16.7 Å². The molecule has 0 aromatic heterocycles. The third kappa shape index (κ3) is 4.83. The van der Waals surface area contributed by atoms with E-state index >= 15 is 0 Å². The van der Waals surface area contributed by atoms with Gasteiger partial charge in [-0.25, -0.2) is 0 Å². The van der Waals surface area contributed by atoms with E-state index in [9.17, 15) is 0 Å². The highest BCUT2D eigenvalue weighted by Crippen LogP contribution is 2.14. The molecule has 1 saturated heterocycles. The van der Waals surface area contributed by atoms with Crippen LogP contribution in [0.25, 0.3) is 0 Å². The average molecular weight is 323 g/mol. The summed E-state index contributed by atoms with van der Waals surface area (Å²) in [6.45, 7) is 6.81. The van der Waals surface area contributed by atoms with Crippen molar-refractivity contribution in [1.29, 1.82) is 0 Å². The van der Waals surface area contributed by atoms with Gasteiger partial charge >= 0.3 is 0 Å². The molecule has 24 heavy (non-hydrogen) atoms. The quantitative estimate of drug-likeness (QED) is 0.791. The maximum atomic E-state index is 5.83. The zero-order valence-electron chi connectivity index (χ0n) is 14.5. The summed E-state index contributed by atoms with van der Waals surface area (Å²) < 4.78 is 5.83. The molecule has 0 N–H and O–H groups in total. The molecule has 0 bridgehead atoms. The van der Waals surface area contributed by atoms with Gasteiger partial charge in [0, 0.05) is 26.2 Å². The van der Waals surface area contributed by atoms with Gasteiger partial charge in [0.2, 0.25) is 0 Å². The zero-order chi connectivity index (χ0) is 16.8. The van der Waals surface area contributed by atoms with E-state index in [4.69, 9.17) is 4.74 Å². The van der Waals surface area contributed by atoms with Gasteiger partial charge in [0.05, 0.1) is 6.21 Å². The lowest BCUT2D eigenvalue weighted by Crippen LogP contribution is -2.41. The zero-order valence-corrected chi connectivity index (χ0v) is 14.5. The molecule has 3 rings (SSSR count). The maximum Gasteiger partial charge on any atom is 0.119 e. The highest BCUT2D eigenvalue weighted by atomic mass is 16.5. The number of piperazine rings is 1. The largest absolute Gasteiger partial charge is 0.489 e. The molecule has 126 valence electrons. The van der Waals surface area contributed by atoms with Crippen LogP contribution < -0.4 is 4.74 Å². The van der Waals surface area contributed by atoms with Crippen molar-refractivity contribution in [3.05, 3.63) is 65.2 Å². The first-order valence-electron chi connectivity index (χ1n) is 8.45. The summed E-state index contributed by atoms with van der Waals surface area (Å²) in [6.07, 6.45) is 1.93. The number of hydrogen-bond donors (Lipinski definition) is 0. The molecule has 1 fully saturated rings. The number of ether oxygens (including phenoxy) is 1. The second-order valence-electron chi connectivity index (χ2n) is 6.34. The van der Waals surface area contributed by atoms with E-state index in [1.807, 2.05) is 30.5 Å². The lowest BCUT2D eigenvalue weighted by atomic mass is 10.2. The van der Waals surface area contributed by atoms with E-state index in [2.05, 4.69) is 53.2 Å². The topological polar surface area (TPSA) is 28.1 Å². The smallest absolute Gasteiger partial charge is 0.119 e. The Morgan fingerprint density at radius 3 is 2.29 bits per heavy atom. The van der Waals surface area contributed by atoms with E-state index in [0.717, 1.165) is 37.5 Å². The molecule has 0 amide bonds. The van der Waals surface area contributed by atoms with E-state index in [0.29, 0.717) is 6.61 Å².